The number of fused-ring (bicyclic) bond motifs is 1. The summed E-state index contributed by atoms with van der Waals surface area (Å²) in [6.45, 7) is 6.18. The molecule has 2 aliphatic rings. The number of aliphatic carboxylic acids is 2. The van der Waals surface area contributed by atoms with Crippen LogP contribution >= 0.6 is 0 Å². The number of amides is 7. The number of aromatic nitrogens is 1. The van der Waals surface area contributed by atoms with Crippen LogP contribution in [-0.4, -0.2) is 167 Å². The maximum absolute atomic E-state index is 14.3. The first kappa shape index (κ1) is 55.8. The number of carbonyl (C=O) groups excluding carboxylic acids is 7. The molecule has 0 aliphatic carbocycles. The monoisotopic (exact) mass is 1010 g/mol. The number of carboxylic acids is 2. The van der Waals surface area contributed by atoms with Gasteiger partial charge in [0.1, 0.15) is 48.0 Å². The number of hydrogen-bond acceptors (Lipinski definition) is 13. The first-order chi connectivity index (χ1) is 34.1. The number of likely N-dealkylation sites (tertiary alicyclic amines) is 2. The van der Waals surface area contributed by atoms with E-state index in [0.29, 0.717) is 18.4 Å². The first-order valence-electron chi connectivity index (χ1n) is 24.1. The number of aliphatic hydroxyl groups excluding tert-OH is 2. The number of nitrogens with one attached hydrogen (secondary N) is 6. The predicted octanol–water partition coefficient (Wildman–Crippen LogP) is -0.851. The summed E-state index contributed by atoms with van der Waals surface area (Å²) in [5.74, 6) is -8.71. The normalized spacial score (nSPS) is 19.0. The van der Waals surface area contributed by atoms with Gasteiger partial charge in [-0.15, -0.1) is 0 Å². The molecule has 0 saturated carbocycles. The number of nitrogens with two attached hydrogens (primary N) is 1. The Morgan fingerprint density at radius 1 is 0.681 bits per heavy atom. The summed E-state index contributed by atoms with van der Waals surface area (Å²) in [6, 6.07) is 2.21. The van der Waals surface area contributed by atoms with Crippen molar-refractivity contribution in [2.45, 2.75) is 146 Å². The molecule has 2 aromatic carbocycles. The molecule has 72 heavy (non-hydrogen) atoms. The Balaban J connectivity index is 1.28. The summed E-state index contributed by atoms with van der Waals surface area (Å²) in [5, 5.41) is 63.9. The highest BCUT2D eigenvalue weighted by molar-refractivity contribution is 5.98. The van der Waals surface area contributed by atoms with Crippen LogP contribution in [0.2, 0.25) is 0 Å². The molecule has 0 bridgehead atoms. The number of benzene rings is 2. The Morgan fingerprint density at radius 2 is 1.26 bits per heavy atom. The third-order valence-corrected chi connectivity index (χ3v) is 12.8. The number of aromatic amines is 1. The van der Waals surface area contributed by atoms with Gasteiger partial charge in [-0.1, -0.05) is 44.2 Å². The van der Waals surface area contributed by atoms with Gasteiger partial charge in [0.05, 0.1) is 18.2 Å². The van der Waals surface area contributed by atoms with Crippen LogP contribution in [0, 0.1) is 5.92 Å². The highest BCUT2D eigenvalue weighted by Gasteiger charge is 2.43. The molecule has 2 saturated heterocycles. The lowest BCUT2D eigenvalue weighted by atomic mass is 10.0. The van der Waals surface area contributed by atoms with Gasteiger partial charge in [0.15, 0.2) is 0 Å². The summed E-state index contributed by atoms with van der Waals surface area (Å²) < 4.78 is 0. The van der Waals surface area contributed by atoms with Gasteiger partial charge in [0.2, 0.25) is 41.4 Å². The van der Waals surface area contributed by atoms with Crippen molar-refractivity contribution in [3.05, 3.63) is 65.9 Å². The number of carboxylic acid groups (broad SMARTS) is 2. The Kier molecular flexibility index (Phi) is 19.6. The van der Waals surface area contributed by atoms with Crippen LogP contribution < -0.4 is 32.3 Å². The molecule has 0 radical (unpaired) electrons. The molecule has 392 valence electrons. The Labute approximate surface area is 415 Å². The lowest BCUT2D eigenvalue weighted by molar-refractivity contribution is -0.146. The summed E-state index contributed by atoms with van der Waals surface area (Å²) in [4.78, 5) is 126. The van der Waals surface area contributed by atoms with E-state index in [-0.39, 0.29) is 56.9 Å². The minimum atomic E-state index is -1.72. The minimum Gasteiger partial charge on any atom is -0.508 e. The molecule has 7 amide bonds. The summed E-state index contributed by atoms with van der Waals surface area (Å²) in [6.07, 6.45) is -1.35. The van der Waals surface area contributed by atoms with Crippen LogP contribution in [0.1, 0.15) is 83.8 Å². The lowest BCUT2D eigenvalue weighted by Gasteiger charge is -2.33. The Bertz CT molecular complexity index is 2440. The van der Waals surface area contributed by atoms with E-state index in [1.54, 1.807) is 6.20 Å². The molecule has 2 fully saturated rings. The summed E-state index contributed by atoms with van der Waals surface area (Å²) in [5.41, 5.74) is 8.44. The fraction of sp³-hybridized carbons (Fsp3) is 0.531. The second-order valence-electron chi connectivity index (χ2n) is 19.0. The van der Waals surface area contributed by atoms with Crippen molar-refractivity contribution < 1.29 is 68.7 Å². The number of aliphatic hydroxyl groups is 2. The molecular weight excluding hydrogens is 939 g/mol. The maximum Gasteiger partial charge on any atom is 0.326 e. The van der Waals surface area contributed by atoms with Crippen LogP contribution in [0.25, 0.3) is 10.9 Å². The molecule has 13 N–H and O–H groups in total. The highest BCUT2D eigenvalue weighted by Crippen LogP contribution is 2.24. The Morgan fingerprint density at radius 3 is 1.85 bits per heavy atom. The third kappa shape index (κ3) is 14.7. The largest absolute Gasteiger partial charge is 0.508 e. The number of H-pyrrole nitrogens is 1. The van der Waals surface area contributed by atoms with E-state index in [9.17, 15) is 63.6 Å². The van der Waals surface area contributed by atoms with E-state index < -0.39 is 127 Å². The van der Waals surface area contributed by atoms with Gasteiger partial charge in [0, 0.05) is 43.0 Å². The van der Waals surface area contributed by atoms with Crippen LogP contribution in [0.15, 0.2) is 54.7 Å². The SMILES string of the molecule is CC(C)C[C@H](NC(=O)[C@@H](N)Cc1c[nH]c2ccccc12)C(=O)N[C@H](C(=O)N1CCC[C@H]1C(=O)N[C@H](C(=O)N[C@@H](Cc1ccc(O)cc1)C(=O)N1CCC[C@H]1C(=O)N[C@@H](CCC(=O)O)C(=O)O)[C@@H](C)O)[C@@H](C)O. The van der Waals surface area contributed by atoms with Gasteiger partial charge in [-0.25, -0.2) is 4.79 Å². The molecule has 23 nitrogen and oxygen atoms in total. The quantitative estimate of drug-likeness (QED) is 0.0520. The molecule has 3 heterocycles. The zero-order valence-electron chi connectivity index (χ0n) is 40.7. The number of carbonyl (C=O) groups is 9. The average molecular weight is 1010 g/mol. The molecule has 10 atom stereocenters. The molecule has 3 aromatic rings. The second-order valence-corrected chi connectivity index (χ2v) is 19.0. The van der Waals surface area contributed by atoms with E-state index in [4.69, 9.17) is 10.8 Å². The van der Waals surface area contributed by atoms with Gasteiger partial charge in [-0.3, -0.25) is 38.4 Å². The van der Waals surface area contributed by atoms with E-state index in [2.05, 4.69) is 31.6 Å². The van der Waals surface area contributed by atoms with E-state index >= 15 is 0 Å². The van der Waals surface area contributed by atoms with Crippen molar-refractivity contribution in [2.24, 2.45) is 11.7 Å². The van der Waals surface area contributed by atoms with E-state index in [1.165, 1.54) is 38.1 Å². The van der Waals surface area contributed by atoms with Gasteiger partial charge >= 0.3 is 11.9 Å². The molecule has 5 rings (SSSR count). The van der Waals surface area contributed by atoms with Crippen LogP contribution in [0.3, 0.4) is 0 Å². The summed E-state index contributed by atoms with van der Waals surface area (Å²) in [7, 11) is 0. The van der Waals surface area contributed by atoms with Crippen molar-refractivity contribution in [2.75, 3.05) is 13.1 Å². The van der Waals surface area contributed by atoms with Crippen LogP contribution in [-0.2, 0) is 56.0 Å². The molecular formula is C49H67N9O14. The van der Waals surface area contributed by atoms with Crippen LogP contribution in [0.4, 0.5) is 0 Å². The fourth-order valence-electron chi connectivity index (χ4n) is 9.02. The molecule has 0 spiro atoms. The van der Waals surface area contributed by atoms with Crippen molar-refractivity contribution in [3.8, 4) is 5.75 Å². The number of phenols is 1. The van der Waals surface area contributed by atoms with Crippen molar-refractivity contribution >= 4 is 64.2 Å². The predicted molar refractivity (Wildman–Crippen MR) is 258 cm³/mol. The molecule has 0 unspecified atom stereocenters. The maximum atomic E-state index is 14.3. The van der Waals surface area contributed by atoms with Gasteiger partial charge in [0.25, 0.3) is 0 Å². The van der Waals surface area contributed by atoms with Gasteiger partial charge in [-0.05, 0) is 94.0 Å². The highest BCUT2D eigenvalue weighted by atomic mass is 16.4. The number of para-hydroxylation sites is 1. The third-order valence-electron chi connectivity index (χ3n) is 12.8. The van der Waals surface area contributed by atoms with E-state index in [1.807, 2.05) is 38.1 Å². The number of hydrogen-bond donors (Lipinski definition) is 12. The summed E-state index contributed by atoms with van der Waals surface area (Å²) >= 11 is 0. The van der Waals surface area contributed by atoms with Crippen molar-refractivity contribution in [1.82, 2.24) is 41.4 Å². The zero-order chi connectivity index (χ0) is 53.0. The second kappa shape index (κ2) is 25.3. The standard InChI is InChI=1S/C49H67N9O14/c1-25(2)21-35(53-42(64)32(50)23-29-24-51-33-10-6-5-9-31(29)33)43(65)56-41(27(4)60)48(70)58-20-8-12-38(58)45(67)55-40(26(3)59)46(68)54-36(22-28-13-15-30(61)16-14-28)47(69)57-19-7-11-37(57)44(66)52-34(49(71)72)17-18-39(62)63/h5-6,9-10,13-16,24-27,32,34-38,40-41,51,59-61H,7-8,11-12,17-23,50H2,1-4H3,(H,52,66)(H,53,64)(H,54,68)(H,55,67)(H,56,65)(H,62,63)(H,71,72)/t26-,27-,32+,34+,35+,36+,37+,38+,40+,41+/m1/s1. The van der Waals surface area contributed by atoms with E-state index in [0.717, 1.165) is 26.3 Å². The number of aromatic hydroxyl groups is 1. The van der Waals surface area contributed by atoms with Crippen LogP contribution in [0.5, 0.6) is 5.75 Å². The van der Waals surface area contributed by atoms with Gasteiger partial charge < -0.3 is 72.6 Å². The smallest absolute Gasteiger partial charge is 0.326 e. The topological polar surface area (TPSA) is 363 Å². The fourth-order valence-corrected chi connectivity index (χ4v) is 9.02. The minimum absolute atomic E-state index is 0.0109. The zero-order valence-corrected chi connectivity index (χ0v) is 40.7. The number of rotatable bonds is 24. The average Bonchev–Trinajstić information content (AvgIpc) is 4.12. The van der Waals surface area contributed by atoms with Crippen molar-refractivity contribution in [1.29, 1.82) is 0 Å². The first-order valence-corrected chi connectivity index (χ1v) is 24.1. The van der Waals surface area contributed by atoms with Crippen molar-refractivity contribution in [3.63, 3.8) is 0 Å². The number of phenolic OH excluding ortho intramolecular Hbond substituents is 1. The molecule has 2 aliphatic heterocycles. The van der Waals surface area contributed by atoms with Gasteiger partial charge in [-0.2, -0.15) is 0 Å². The Hall–Kier alpha value is -7.11. The lowest BCUT2D eigenvalue weighted by Crippen LogP contribution is -2.62. The number of nitrogens with zero attached hydrogens (tertiary/aromatic N) is 2. The molecule has 23 heteroatoms. The molecule has 1 aromatic heterocycles.